The van der Waals surface area contributed by atoms with Crippen molar-refractivity contribution < 1.29 is 13.2 Å². The molecule has 1 aliphatic heterocycles. The van der Waals surface area contributed by atoms with Crippen LogP contribution in [0.15, 0.2) is 41.3 Å². The van der Waals surface area contributed by atoms with E-state index in [1.165, 1.54) is 0 Å². The van der Waals surface area contributed by atoms with Crippen LogP contribution >= 0.6 is 0 Å². The molecule has 0 amide bonds. The Labute approximate surface area is 152 Å². The molecule has 1 aliphatic rings. The number of pyridine rings is 1. The van der Waals surface area contributed by atoms with E-state index in [0.29, 0.717) is 48.4 Å². The smallest absolute Gasteiger partial charge is 0.254 e. The molecule has 138 valence electrons. The van der Waals surface area contributed by atoms with Gasteiger partial charge in [-0.2, -0.15) is 0 Å². The van der Waals surface area contributed by atoms with E-state index >= 15 is 0 Å². The molecule has 0 radical (unpaired) electrons. The number of H-pyrrole nitrogens is 1. The summed E-state index contributed by atoms with van der Waals surface area (Å²) in [6.07, 6.45) is 2.04. The van der Waals surface area contributed by atoms with Gasteiger partial charge in [0, 0.05) is 43.0 Å². The number of hydrogen-bond donors (Lipinski definition) is 1. The summed E-state index contributed by atoms with van der Waals surface area (Å²) < 4.78 is 40.4. The van der Waals surface area contributed by atoms with Crippen molar-refractivity contribution in [1.29, 1.82) is 0 Å². The average Bonchev–Trinajstić information content (AvgIpc) is 2.66. The number of rotatable bonds is 3. The van der Waals surface area contributed by atoms with E-state index in [2.05, 4.69) is 15.0 Å². The monoisotopic (exact) mass is 372 g/mol. The van der Waals surface area contributed by atoms with E-state index in [4.69, 9.17) is 0 Å². The van der Waals surface area contributed by atoms with Gasteiger partial charge in [0.2, 0.25) is 0 Å². The normalized spacial score (nSPS) is 14.2. The van der Waals surface area contributed by atoms with Crippen molar-refractivity contribution in [1.82, 2.24) is 19.9 Å². The maximum absolute atomic E-state index is 13.9. The maximum Gasteiger partial charge on any atom is 0.254 e. The summed E-state index contributed by atoms with van der Waals surface area (Å²) in [5.41, 5.74) is 1.54. The van der Waals surface area contributed by atoms with Crippen LogP contribution in [0.5, 0.6) is 0 Å². The lowest BCUT2D eigenvalue weighted by Crippen LogP contribution is -2.35. The second-order valence-electron chi connectivity index (χ2n) is 6.37. The second kappa shape index (κ2) is 6.96. The lowest BCUT2D eigenvalue weighted by atomic mass is 10.1. The summed E-state index contributed by atoms with van der Waals surface area (Å²) in [4.78, 5) is 25.6. The lowest BCUT2D eigenvalue weighted by Gasteiger charge is -2.27. The second-order valence-corrected chi connectivity index (χ2v) is 6.37. The van der Waals surface area contributed by atoms with Crippen LogP contribution in [0.4, 0.5) is 13.2 Å². The largest absolute Gasteiger partial charge is 0.305 e. The Kier molecular flexibility index (Phi) is 4.49. The summed E-state index contributed by atoms with van der Waals surface area (Å²) in [5, 5.41) is 0. The molecule has 1 N–H and O–H groups in total. The van der Waals surface area contributed by atoms with Gasteiger partial charge >= 0.3 is 0 Å². The van der Waals surface area contributed by atoms with Gasteiger partial charge in [-0.1, -0.05) is 6.07 Å². The SMILES string of the molecule is O=c1[nH]c(-c2ccccn2)nc2c1CCN(Cc1cc(F)c(F)cc1F)C2. The highest BCUT2D eigenvalue weighted by Crippen LogP contribution is 2.21. The van der Waals surface area contributed by atoms with Crippen molar-refractivity contribution >= 4 is 0 Å². The standard InChI is InChI=1S/C19H15F3N4O/c20-13-8-15(22)14(21)7-11(13)9-26-6-4-12-17(10-26)24-18(25-19(12)27)16-3-1-2-5-23-16/h1-3,5,7-8H,4,6,9-10H2,(H,24,25,27). The van der Waals surface area contributed by atoms with E-state index in [-0.39, 0.29) is 17.7 Å². The zero-order chi connectivity index (χ0) is 19.0. The molecule has 0 bridgehead atoms. The molecule has 27 heavy (non-hydrogen) atoms. The predicted molar refractivity (Wildman–Crippen MR) is 92.2 cm³/mol. The molecule has 3 heterocycles. The minimum absolute atomic E-state index is 0.0622. The van der Waals surface area contributed by atoms with Gasteiger partial charge in [0.1, 0.15) is 11.5 Å². The highest BCUT2D eigenvalue weighted by atomic mass is 19.2. The van der Waals surface area contributed by atoms with Crippen LogP contribution in [0, 0.1) is 17.5 Å². The molecule has 1 aromatic carbocycles. The highest BCUT2D eigenvalue weighted by Gasteiger charge is 2.23. The number of nitrogens with one attached hydrogen (secondary N) is 1. The zero-order valence-corrected chi connectivity index (χ0v) is 14.2. The highest BCUT2D eigenvalue weighted by molar-refractivity contribution is 5.49. The fraction of sp³-hybridized carbons (Fsp3) is 0.211. The van der Waals surface area contributed by atoms with E-state index in [9.17, 15) is 18.0 Å². The molecular formula is C19H15F3N4O. The summed E-state index contributed by atoms with van der Waals surface area (Å²) in [6.45, 7) is 0.881. The number of halogens is 3. The van der Waals surface area contributed by atoms with Crippen LogP contribution in [0.2, 0.25) is 0 Å². The number of nitrogens with zero attached hydrogens (tertiary/aromatic N) is 3. The van der Waals surface area contributed by atoms with Crippen LogP contribution in [0.25, 0.3) is 11.5 Å². The molecule has 0 saturated carbocycles. The molecule has 2 aromatic heterocycles. The van der Waals surface area contributed by atoms with Crippen molar-refractivity contribution in [3.63, 3.8) is 0 Å². The quantitative estimate of drug-likeness (QED) is 0.719. The van der Waals surface area contributed by atoms with Gasteiger partial charge in [-0.15, -0.1) is 0 Å². The number of aromatic nitrogens is 3. The maximum atomic E-state index is 13.9. The summed E-state index contributed by atoms with van der Waals surface area (Å²) in [5.74, 6) is -2.74. The number of hydrogen-bond acceptors (Lipinski definition) is 4. The molecule has 8 heteroatoms. The van der Waals surface area contributed by atoms with Crippen molar-refractivity contribution in [2.45, 2.75) is 19.5 Å². The summed E-state index contributed by atoms with van der Waals surface area (Å²) in [7, 11) is 0. The van der Waals surface area contributed by atoms with Gasteiger partial charge in [0.15, 0.2) is 17.5 Å². The Balaban J connectivity index is 1.62. The van der Waals surface area contributed by atoms with Gasteiger partial charge < -0.3 is 4.98 Å². The van der Waals surface area contributed by atoms with E-state index in [1.54, 1.807) is 24.4 Å². The average molecular weight is 372 g/mol. The Bertz CT molecular complexity index is 1050. The third kappa shape index (κ3) is 3.48. The van der Waals surface area contributed by atoms with Crippen molar-refractivity contribution in [3.8, 4) is 11.5 Å². The Hall–Kier alpha value is -3.00. The molecule has 0 fully saturated rings. The number of benzene rings is 1. The third-order valence-electron chi connectivity index (χ3n) is 4.54. The van der Waals surface area contributed by atoms with Crippen molar-refractivity contribution in [2.75, 3.05) is 6.54 Å². The summed E-state index contributed by atoms with van der Waals surface area (Å²) in [6, 6.07) is 6.70. The van der Waals surface area contributed by atoms with Gasteiger partial charge in [0.25, 0.3) is 5.56 Å². The zero-order valence-electron chi connectivity index (χ0n) is 14.2. The van der Waals surface area contributed by atoms with Gasteiger partial charge in [0.05, 0.1) is 5.69 Å². The lowest BCUT2D eigenvalue weighted by molar-refractivity contribution is 0.236. The molecule has 0 saturated heterocycles. The van der Waals surface area contributed by atoms with Crippen LogP contribution in [0.3, 0.4) is 0 Å². The Morgan fingerprint density at radius 3 is 2.70 bits per heavy atom. The van der Waals surface area contributed by atoms with Gasteiger partial charge in [-0.05, 0) is 24.6 Å². The minimum Gasteiger partial charge on any atom is -0.305 e. The molecule has 4 rings (SSSR count). The van der Waals surface area contributed by atoms with Crippen LogP contribution in [-0.4, -0.2) is 26.4 Å². The number of fused-ring (bicyclic) bond motifs is 1. The fourth-order valence-electron chi connectivity index (χ4n) is 3.18. The molecule has 0 aliphatic carbocycles. The molecule has 3 aromatic rings. The molecule has 0 unspecified atom stereocenters. The fourth-order valence-corrected chi connectivity index (χ4v) is 3.18. The molecule has 5 nitrogen and oxygen atoms in total. The Morgan fingerprint density at radius 1 is 1.11 bits per heavy atom. The van der Waals surface area contributed by atoms with Gasteiger partial charge in [-0.3, -0.25) is 14.7 Å². The molecule has 0 atom stereocenters. The van der Waals surface area contributed by atoms with Crippen LogP contribution in [0.1, 0.15) is 16.8 Å². The van der Waals surface area contributed by atoms with Crippen molar-refractivity contribution in [2.24, 2.45) is 0 Å². The first-order chi connectivity index (χ1) is 13.0. The first kappa shape index (κ1) is 17.4. The molecule has 0 spiro atoms. The Morgan fingerprint density at radius 2 is 1.93 bits per heavy atom. The van der Waals surface area contributed by atoms with Gasteiger partial charge in [-0.25, -0.2) is 18.2 Å². The van der Waals surface area contributed by atoms with E-state index in [1.807, 2.05) is 4.90 Å². The van der Waals surface area contributed by atoms with Crippen LogP contribution in [-0.2, 0) is 19.5 Å². The first-order valence-corrected chi connectivity index (χ1v) is 8.40. The van der Waals surface area contributed by atoms with Crippen molar-refractivity contribution in [3.05, 3.63) is 81.2 Å². The first-order valence-electron chi connectivity index (χ1n) is 8.40. The predicted octanol–water partition coefficient (Wildman–Crippen LogP) is 2.81. The number of aromatic amines is 1. The minimum atomic E-state index is -1.21. The topological polar surface area (TPSA) is 61.9 Å². The van der Waals surface area contributed by atoms with E-state index in [0.717, 1.165) is 6.07 Å². The third-order valence-corrected chi connectivity index (χ3v) is 4.54. The van der Waals surface area contributed by atoms with E-state index < -0.39 is 17.5 Å². The summed E-state index contributed by atoms with van der Waals surface area (Å²) >= 11 is 0. The molecular weight excluding hydrogens is 357 g/mol. The van der Waals surface area contributed by atoms with Crippen LogP contribution < -0.4 is 5.56 Å².